The summed E-state index contributed by atoms with van der Waals surface area (Å²) in [7, 11) is 1.06. The van der Waals surface area contributed by atoms with Crippen molar-refractivity contribution in [2.45, 2.75) is 13.3 Å². The van der Waals surface area contributed by atoms with Gasteiger partial charge in [0.05, 0.1) is 19.9 Å². The highest BCUT2D eigenvalue weighted by atomic mass is 19.4. The fraction of sp³-hybridized carbons (Fsp3) is 0.400. The van der Waals surface area contributed by atoms with Crippen LogP contribution in [0.2, 0.25) is 0 Å². The van der Waals surface area contributed by atoms with Crippen molar-refractivity contribution in [2.24, 2.45) is 0 Å². The number of aromatic hydroxyl groups is 1. The smallest absolute Gasteiger partial charge is 0.502 e. The topological polar surface area (TPSA) is 77.9 Å². The number of ether oxygens (including phenoxy) is 3. The van der Waals surface area contributed by atoms with Gasteiger partial charge < -0.3 is 19.3 Å². The second-order valence-electron chi connectivity index (χ2n) is 3.12. The minimum atomic E-state index is -5.06. The number of methoxy groups -OCH3 is 1. The maximum atomic E-state index is 12.2. The van der Waals surface area contributed by atoms with Gasteiger partial charge in [0.2, 0.25) is 5.75 Å². The first-order chi connectivity index (χ1) is 8.80. The summed E-state index contributed by atoms with van der Waals surface area (Å²) in [6.45, 7) is 1.47. The number of alkyl halides is 3. The lowest BCUT2D eigenvalue weighted by atomic mass is 10.3. The van der Waals surface area contributed by atoms with Gasteiger partial charge in [-0.15, -0.1) is 13.2 Å². The van der Waals surface area contributed by atoms with Gasteiger partial charge in [0.25, 0.3) is 0 Å². The van der Waals surface area contributed by atoms with Crippen LogP contribution in [-0.4, -0.2) is 36.1 Å². The van der Waals surface area contributed by atoms with Gasteiger partial charge in [0.15, 0.2) is 17.2 Å². The van der Waals surface area contributed by atoms with Crippen LogP contribution in [0.4, 0.5) is 13.2 Å². The average molecular weight is 281 g/mol. The molecule has 0 aliphatic carbocycles. The Bertz CT molecular complexity index is 475. The van der Waals surface area contributed by atoms with Crippen LogP contribution in [0.1, 0.15) is 17.4 Å². The summed E-state index contributed by atoms with van der Waals surface area (Å²) >= 11 is 0. The molecule has 6 nitrogen and oxygen atoms in total. The first kappa shape index (κ1) is 14.9. The lowest BCUT2D eigenvalue weighted by Gasteiger charge is -2.14. The molecule has 1 heterocycles. The molecule has 1 N–H and O–H groups in total. The number of halogens is 3. The molecule has 106 valence electrons. The largest absolute Gasteiger partial charge is 0.573 e. The molecular weight excluding hydrogens is 271 g/mol. The van der Waals surface area contributed by atoms with Crippen molar-refractivity contribution >= 4 is 5.97 Å². The third-order valence-electron chi connectivity index (χ3n) is 1.88. The fourth-order valence-corrected chi connectivity index (χ4v) is 1.18. The van der Waals surface area contributed by atoms with Gasteiger partial charge in [-0.05, 0) is 6.92 Å². The van der Waals surface area contributed by atoms with Crippen LogP contribution in [0.15, 0.2) is 6.20 Å². The molecule has 0 aliphatic rings. The summed E-state index contributed by atoms with van der Waals surface area (Å²) < 4.78 is 49.3. The van der Waals surface area contributed by atoms with E-state index in [-0.39, 0.29) is 6.61 Å². The van der Waals surface area contributed by atoms with Gasteiger partial charge in [-0.1, -0.05) is 0 Å². The summed E-state index contributed by atoms with van der Waals surface area (Å²) in [5.41, 5.74) is -0.693. The Morgan fingerprint density at radius 1 is 1.47 bits per heavy atom. The van der Waals surface area contributed by atoms with Gasteiger partial charge >= 0.3 is 12.3 Å². The summed E-state index contributed by atoms with van der Waals surface area (Å²) in [5, 5.41) is 9.59. The number of hydrogen-bond acceptors (Lipinski definition) is 6. The van der Waals surface area contributed by atoms with Crippen molar-refractivity contribution < 1.29 is 37.3 Å². The first-order valence-corrected chi connectivity index (χ1v) is 4.99. The third kappa shape index (κ3) is 3.63. The van der Waals surface area contributed by atoms with Crippen molar-refractivity contribution in [1.82, 2.24) is 4.98 Å². The Kier molecular flexibility index (Phi) is 4.41. The van der Waals surface area contributed by atoms with Gasteiger partial charge in [-0.2, -0.15) is 0 Å². The first-order valence-electron chi connectivity index (χ1n) is 4.99. The zero-order valence-electron chi connectivity index (χ0n) is 9.95. The molecule has 1 aromatic heterocycles. The lowest BCUT2D eigenvalue weighted by molar-refractivity contribution is -0.275. The summed E-state index contributed by atoms with van der Waals surface area (Å²) in [5.74, 6) is -3.69. The van der Waals surface area contributed by atoms with Crippen LogP contribution >= 0.6 is 0 Å². The lowest BCUT2D eigenvalue weighted by Crippen LogP contribution is -2.19. The molecule has 0 fully saturated rings. The molecule has 0 aliphatic heterocycles. The predicted molar refractivity (Wildman–Crippen MR) is 55.1 cm³/mol. The van der Waals surface area contributed by atoms with E-state index in [1.54, 1.807) is 0 Å². The Morgan fingerprint density at radius 3 is 2.58 bits per heavy atom. The van der Waals surface area contributed by atoms with Gasteiger partial charge in [-0.25, -0.2) is 9.78 Å². The zero-order valence-corrected chi connectivity index (χ0v) is 9.95. The van der Waals surface area contributed by atoms with E-state index in [2.05, 4.69) is 19.2 Å². The number of hydrogen-bond donors (Lipinski definition) is 1. The van der Waals surface area contributed by atoms with Gasteiger partial charge in [0.1, 0.15) is 0 Å². The van der Waals surface area contributed by atoms with Crippen LogP contribution in [-0.2, 0) is 4.74 Å². The number of esters is 1. The summed E-state index contributed by atoms with van der Waals surface area (Å²) in [6.07, 6.45) is -4.24. The Labute approximate surface area is 105 Å². The second kappa shape index (κ2) is 5.63. The van der Waals surface area contributed by atoms with Crippen molar-refractivity contribution in [1.29, 1.82) is 0 Å². The number of carbonyl (C=O) groups is 1. The highest BCUT2D eigenvalue weighted by molar-refractivity contribution is 5.91. The molecule has 0 aromatic carbocycles. The van der Waals surface area contributed by atoms with Crippen LogP contribution in [0.3, 0.4) is 0 Å². The number of pyridine rings is 1. The molecule has 0 atom stereocenters. The summed E-state index contributed by atoms with van der Waals surface area (Å²) in [4.78, 5) is 14.8. The Hall–Kier alpha value is -2.19. The molecule has 9 heteroatoms. The summed E-state index contributed by atoms with van der Waals surface area (Å²) in [6, 6.07) is 0. The average Bonchev–Trinajstić information content (AvgIpc) is 2.30. The second-order valence-corrected chi connectivity index (χ2v) is 3.12. The van der Waals surface area contributed by atoms with E-state index >= 15 is 0 Å². The molecular formula is C10H10F3NO5. The highest BCUT2D eigenvalue weighted by Gasteiger charge is 2.35. The molecule has 0 radical (unpaired) electrons. The van der Waals surface area contributed by atoms with E-state index in [1.165, 1.54) is 6.92 Å². The molecule has 0 bridgehead atoms. The van der Waals surface area contributed by atoms with E-state index in [1.807, 2.05) is 0 Å². The minimum Gasteiger partial charge on any atom is -0.502 e. The number of aromatic nitrogens is 1. The van der Waals surface area contributed by atoms with Crippen LogP contribution < -0.4 is 9.47 Å². The van der Waals surface area contributed by atoms with Crippen molar-refractivity contribution in [3.8, 4) is 17.2 Å². The van der Waals surface area contributed by atoms with Crippen LogP contribution in [0.5, 0.6) is 17.2 Å². The molecule has 0 saturated carbocycles. The minimum absolute atomic E-state index is 0.0263. The monoisotopic (exact) mass is 281 g/mol. The molecule has 0 unspecified atom stereocenters. The van der Waals surface area contributed by atoms with E-state index in [0.717, 1.165) is 13.3 Å². The quantitative estimate of drug-likeness (QED) is 0.849. The number of nitrogens with zero attached hydrogens (tertiary/aromatic N) is 1. The highest BCUT2D eigenvalue weighted by Crippen LogP contribution is 2.41. The SMILES string of the molecule is CCOC(=O)c1ncc(OC)c(OC(F)(F)F)c1O. The molecule has 1 aromatic rings. The maximum Gasteiger partial charge on any atom is 0.573 e. The number of rotatable bonds is 4. The molecule has 1 rings (SSSR count). The zero-order chi connectivity index (χ0) is 14.6. The normalized spacial score (nSPS) is 11.0. The molecule has 19 heavy (non-hydrogen) atoms. The van der Waals surface area contributed by atoms with Crippen LogP contribution in [0, 0.1) is 0 Å². The van der Waals surface area contributed by atoms with Gasteiger partial charge in [-0.3, -0.25) is 0 Å². The van der Waals surface area contributed by atoms with Crippen LogP contribution in [0.25, 0.3) is 0 Å². The van der Waals surface area contributed by atoms with E-state index in [0.29, 0.717) is 0 Å². The Balaban J connectivity index is 3.25. The fourth-order valence-electron chi connectivity index (χ4n) is 1.18. The van der Waals surface area contributed by atoms with Gasteiger partial charge in [0, 0.05) is 0 Å². The van der Waals surface area contributed by atoms with Crippen molar-refractivity contribution in [3.63, 3.8) is 0 Å². The maximum absolute atomic E-state index is 12.2. The van der Waals surface area contributed by atoms with E-state index < -0.39 is 35.3 Å². The van der Waals surface area contributed by atoms with Crippen molar-refractivity contribution in [3.05, 3.63) is 11.9 Å². The molecule has 0 saturated heterocycles. The van der Waals surface area contributed by atoms with Crippen molar-refractivity contribution in [2.75, 3.05) is 13.7 Å². The standard InChI is InChI=1S/C10H10F3NO5/c1-3-18-9(16)6-7(15)8(19-10(11,12)13)5(17-2)4-14-6/h4,15H,3H2,1-2H3. The third-order valence-corrected chi connectivity index (χ3v) is 1.88. The Morgan fingerprint density at radius 2 is 2.11 bits per heavy atom. The van der Waals surface area contributed by atoms with E-state index in [9.17, 15) is 23.1 Å². The molecule has 0 amide bonds. The predicted octanol–water partition coefficient (Wildman–Crippen LogP) is 1.87. The molecule has 0 spiro atoms. The van der Waals surface area contributed by atoms with E-state index in [4.69, 9.17) is 0 Å². The number of carbonyl (C=O) groups excluding carboxylic acids is 1.